The van der Waals surface area contributed by atoms with E-state index in [0.717, 1.165) is 25.1 Å². The summed E-state index contributed by atoms with van der Waals surface area (Å²) in [7, 11) is 0. The molecule has 0 spiro atoms. The molecule has 0 aliphatic carbocycles. The summed E-state index contributed by atoms with van der Waals surface area (Å²) in [5, 5.41) is 17.9. The fourth-order valence-corrected chi connectivity index (χ4v) is 3.69. The average molecular weight is 397 g/mol. The molecule has 3 aromatic rings. The number of amides is 2. The molecule has 0 bridgehead atoms. The highest BCUT2D eigenvalue weighted by Gasteiger charge is 2.21. The number of nitrogens with zero attached hydrogens (tertiary/aromatic N) is 3. The Labute approximate surface area is 165 Å². The number of hydrogen-bond acceptors (Lipinski definition) is 7. The van der Waals surface area contributed by atoms with Crippen LogP contribution in [0, 0.1) is 5.92 Å². The van der Waals surface area contributed by atoms with E-state index in [0.29, 0.717) is 28.8 Å². The van der Waals surface area contributed by atoms with Gasteiger partial charge in [0.2, 0.25) is 5.91 Å². The summed E-state index contributed by atoms with van der Waals surface area (Å²) >= 11 is 1.35. The summed E-state index contributed by atoms with van der Waals surface area (Å²) in [6.07, 6.45) is 5.04. The number of aromatic amines is 1. The number of thiazole rings is 1. The SMILES string of the molecule is O=C(Nc1ccc(NC(=O)C2CCCNC2)cn1)c1csc(-c2ccn[nH]2)n1. The summed E-state index contributed by atoms with van der Waals surface area (Å²) in [6, 6.07) is 5.15. The van der Waals surface area contributed by atoms with Gasteiger partial charge in [-0.25, -0.2) is 9.97 Å². The molecule has 0 aromatic carbocycles. The van der Waals surface area contributed by atoms with Crippen LogP contribution in [0.25, 0.3) is 10.7 Å². The van der Waals surface area contributed by atoms with Crippen LogP contribution >= 0.6 is 11.3 Å². The highest BCUT2D eigenvalue weighted by atomic mass is 32.1. The van der Waals surface area contributed by atoms with Crippen LogP contribution in [0.1, 0.15) is 23.3 Å². The molecule has 28 heavy (non-hydrogen) atoms. The van der Waals surface area contributed by atoms with Crippen molar-refractivity contribution >= 4 is 34.7 Å². The van der Waals surface area contributed by atoms with Gasteiger partial charge in [-0.2, -0.15) is 5.10 Å². The summed E-state index contributed by atoms with van der Waals surface area (Å²) in [5.41, 5.74) is 1.66. The van der Waals surface area contributed by atoms with Crippen molar-refractivity contribution in [2.24, 2.45) is 5.92 Å². The molecule has 10 heteroatoms. The number of rotatable bonds is 5. The molecule has 4 N–H and O–H groups in total. The lowest BCUT2D eigenvalue weighted by Gasteiger charge is -2.21. The molecule has 1 atom stereocenters. The largest absolute Gasteiger partial charge is 0.324 e. The number of carbonyl (C=O) groups excluding carboxylic acids is 2. The number of anilines is 2. The van der Waals surface area contributed by atoms with E-state index >= 15 is 0 Å². The minimum atomic E-state index is -0.348. The maximum absolute atomic E-state index is 12.4. The maximum atomic E-state index is 12.4. The fourth-order valence-electron chi connectivity index (χ4n) is 2.92. The first-order chi connectivity index (χ1) is 13.7. The number of aromatic nitrogens is 4. The Balaban J connectivity index is 1.35. The quantitative estimate of drug-likeness (QED) is 0.523. The van der Waals surface area contributed by atoms with Gasteiger partial charge in [-0.15, -0.1) is 11.3 Å². The lowest BCUT2D eigenvalue weighted by molar-refractivity contribution is -0.120. The third kappa shape index (κ3) is 4.24. The van der Waals surface area contributed by atoms with E-state index in [-0.39, 0.29) is 17.7 Å². The third-order valence-electron chi connectivity index (χ3n) is 4.41. The van der Waals surface area contributed by atoms with Gasteiger partial charge in [0.05, 0.1) is 23.5 Å². The van der Waals surface area contributed by atoms with E-state index in [9.17, 15) is 9.59 Å². The highest BCUT2D eigenvalue weighted by molar-refractivity contribution is 7.13. The van der Waals surface area contributed by atoms with E-state index in [1.54, 1.807) is 29.8 Å². The first kappa shape index (κ1) is 18.3. The average Bonchev–Trinajstić information content (AvgIpc) is 3.42. The standard InChI is InChI=1S/C18H19N7O2S/c26-16(11-2-1-6-19-8-11)22-12-3-4-15(20-9-12)24-17(27)14-10-28-18(23-14)13-5-7-21-25-13/h3-5,7,9-11,19H,1-2,6,8H2,(H,21,25)(H,22,26)(H,20,24,27). The van der Waals surface area contributed by atoms with Gasteiger partial charge in [0.1, 0.15) is 16.5 Å². The zero-order valence-corrected chi connectivity index (χ0v) is 15.8. The van der Waals surface area contributed by atoms with Gasteiger partial charge < -0.3 is 16.0 Å². The van der Waals surface area contributed by atoms with Gasteiger partial charge in [0.15, 0.2) is 0 Å². The van der Waals surface area contributed by atoms with Crippen molar-refractivity contribution in [2.75, 3.05) is 23.7 Å². The van der Waals surface area contributed by atoms with Gasteiger partial charge in [-0.1, -0.05) is 0 Å². The molecular formula is C18H19N7O2S. The summed E-state index contributed by atoms with van der Waals surface area (Å²) in [4.78, 5) is 33.1. The van der Waals surface area contributed by atoms with Crippen molar-refractivity contribution < 1.29 is 9.59 Å². The molecule has 1 unspecified atom stereocenters. The molecule has 9 nitrogen and oxygen atoms in total. The molecule has 1 saturated heterocycles. The first-order valence-corrected chi connectivity index (χ1v) is 9.81. The van der Waals surface area contributed by atoms with Crippen LogP contribution in [-0.4, -0.2) is 45.1 Å². The Bertz CT molecular complexity index is 947. The molecule has 1 aliphatic heterocycles. The van der Waals surface area contributed by atoms with Crippen LogP contribution in [0.15, 0.2) is 36.0 Å². The van der Waals surface area contributed by atoms with Crippen LogP contribution in [0.3, 0.4) is 0 Å². The van der Waals surface area contributed by atoms with Crippen molar-refractivity contribution in [3.05, 3.63) is 41.7 Å². The zero-order valence-electron chi connectivity index (χ0n) is 14.9. The Kier molecular flexibility index (Phi) is 5.40. The fraction of sp³-hybridized carbons (Fsp3) is 0.278. The van der Waals surface area contributed by atoms with Crippen molar-refractivity contribution in [3.8, 4) is 10.7 Å². The predicted molar refractivity (Wildman–Crippen MR) is 106 cm³/mol. The molecule has 1 aliphatic rings. The first-order valence-electron chi connectivity index (χ1n) is 8.93. The van der Waals surface area contributed by atoms with Gasteiger partial charge >= 0.3 is 0 Å². The Morgan fingerprint density at radius 3 is 2.86 bits per heavy atom. The number of piperidine rings is 1. The van der Waals surface area contributed by atoms with Crippen molar-refractivity contribution in [2.45, 2.75) is 12.8 Å². The molecule has 1 fully saturated rings. The second kappa shape index (κ2) is 8.28. The maximum Gasteiger partial charge on any atom is 0.276 e. The molecule has 0 saturated carbocycles. The number of hydrogen-bond donors (Lipinski definition) is 4. The topological polar surface area (TPSA) is 125 Å². The van der Waals surface area contributed by atoms with Crippen LogP contribution in [0.4, 0.5) is 11.5 Å². The minimum Gasteiger partial charge on any atom is -0.324 e. The Morgan fingerprint density at radius 2 is 2.14 bits per heavy atom. The summed E-state index contributed by atoms with van der Waals surface area (Å²) in [5.74, 6) is -0.000500. The lowest BCUT2D eigenvalue weighted by Crippen LogP contribution is -2.37. The van der Waals surface area contributed by atoms with Crippen molar-refractivity contribution in [3.63, 3.8) is 0 Å². The van der Waals surface area contributed by atoms with E-state index in [4.69, 9.17) is 0 Å². The molecule has 0 radical (unpaired) electrons. The van der Waals surface area contributed by atoms with Crippen LogP contribution in [0.5, 0.6) is 0 Å². The third-order valence-corrected chi connectivity index (χ3v) is 5.28. The van der Waals surface area contributed by atoms with Gasteiger partial charge in [-0.3, -0.25) is 14.7 Å². The van der Waals surface area contributed by atoms with Gasteiger partial charge in [0, 0.05) is 18.1 Å². The minimum absolute atomic E-state index is 0.0143. The van der Waals surface area contributed by atoms with Crippen molar-refractivity contribution in [1.82, 2.24) is 25.5 Å². The Hall–Kier alpha value is -3.11. The summed E-state index contributed by atoms with van der Waals surface area (Å²) in [6.45, 7) is 1.66. The van der Waals surface area contributed by atoms with E-state index in [1.165, 1.54) is 17.5 Å². The second-order valence-electron chi connectivity index (χ2n) is 6.43. The molecule has 2 amide bonds. The smallest absolute Gasteiger partial charge is 0.276 e. The molecule has 144 valence electrons. The second-order valence-corrected chi connectivity index (χ2v) is 7.29. The van der Waals surface area contributed by atoms with Gasteiger partial charge in [-0.05, 0) is 37.6 Å². The van der Waals surface area contributed by atoms with E-state index in [2.05, 4.69) is 36.1 Å². The van der Waals surface area contributed by atoms with Gasteiger partial charge in [0.25, 0.3) is 5.91 Å². The van der Waals surface area contributed by atoms with E-state index in [1.807, 2.05) is 0 Å². The van der Waals surface area contributed by atoms with Crippen LogP contribution < -0.4 is 16.0 Å². The summed E-state index contributed by atoms with van der Waals surface area (Å²) < 4.78 is 0. The highest BCUT2D eigenvalue weighted by Crippen LogP contribution is 2.22. The van der Waals surface area contributed by atoms with Crippen LogP contribution in [0.2, 0.25) is 0 Å². The molecule has 4 rings (SSSR count). The molecular weight excluding hydrogens is 378 g/mol. The number of pyridine rings is 1. The number of carbonyl (C=O) groups is 2. The monoisotopic (exact) mass is 397 g/mol. The molecule has 4 heterocycles. The number of nitrogens with one attached hydrogen (secondary N) is 4. The lowest BCUT2D eigenvalue weighted by atomic mass is 9.99. The predicted octanol–water partition coefficient (Wildman–Crippen LogP) is 2.12. The van der Waals surface area contributed by atoms with Crippen molar-refractivity contribution in [1.29, 1.82) is 0 Å². The van der Waals surface area contributed by atoms with Crippen LogP contribution in [-0.2, 0) is 4.79 Å². The van der Waals surface area contributed by atoms with E-state index < -0.39 is 0 Å². The zero-order chi connectivity index (χ0) is 19.3. The normalized spacial score (nSPS) is 16.5. The number of H-pyrrole nitrogens is 1. The molecule has 3 aromatic heterocycles. The Morgan fingerprint density at radius 1 is 1.21 bits per heavy atom.